The summed E-state index contributed by atoms with van der Waals surface area (Å²) in [6, 6.07) is 9.63. The van der Waals surface area contributed by atoms with E-state index < -0.39 is 11.8 Å². The van der Waals surface area contributed by atoms with Gasteiger partial charge in [-0.3, -0.25) is 24.9 Å². The van der Waals surface area contributed by atoms with Gasteiger partial charge in [-0.2, -0.15) is 0 Å². The molecule has 0 atom stereocenters. The molecule has 0 aliphatic carbocycles. The number of benzene rings is 1. The van der Waals surface area contributed by atoms with Crippen molar-refractivity contribution in [2.24, 2.45) is 0 Å². The fourth-order valence-corrected chi connectivity index (χ4v) is 1.74. The number of nitrogens with one attached hydrogen (secondary N) is 2. The maximum atomic E-state index is 11.1. The average Bonchev–Trinajstić information content (AvgIpc) is 2.50. The molecule has 7 nitrogen and oxygen atoms in total. The Kier molecular flexibility index (Phi) is 7.26. The van der Waals surface area contributed by atoms with E-state index in [2.05, 4.69) is 0 Å². The highest BCUT2D eigenvalue weighted by Gasteiger charge is 2.10. The summed E-state index contributed by atoms with van der Waals surface area (Å²) in [5.41, 5.74) is 4.21. The van der Waals surface area contributed by atoms with E-state index in [0.717, 1.165) is 5.56 Å². The van der Waals surface area contributed by atoms with Crippen molar-refractivity contribution < 1.29 is 20.0 Å². The van der Waals surface area contributed by atoms with Gasteiger partial charge in [0.15, 0.2) is 0 Å². The van der Waals surface area contributed by atoms with Crippen LogP contribution >= 0.6 is 0 Å². The Morgan fingerprint density at radius 3 is 1.90 bits per heavy atom. The van der Waals surface area contributed by atoms with Crippen LogP contribution in [0.3, 0.4) is 0 Å². The normalized spacial score (nSPS) is 10.3. The van der Waals surface area contributed by atoms with Crippen molar-refractivity contribution in [1.29, 1.82) is 0 Å². The van der Waals surface area contributed by atoms with Gasteiger partial charge in [-0.1, -0.05) is 30.3 Å². The second-order valence-electron chi connectivity index (χ2n) is 4.33. The van der Waals surface area contributed by atoms with Gasteiger partial charge in [-0.15, -0.1) is 0 Å². The summed E-state index contributed by atoms with van der Waals surface area (Å²) < 4.78 is 0. The predicted octanol–water partition coefficient (Wildman–Crippen LogP) is 0.280. The summed E-state index contributed by atoms with van der Waals surface area (Å²) in [5, 5.41) is 17.0. The Hall–Kier alpha value is -1.96. The summed E-state index contributed by atoms with van der Waals surface area (Å²) in [7, 11) is 0. The van der Waals surface area contributed by atoms with Gasteiger partial charge in [-0.05, 0) is 5.56 Å². The molecule has 0 saturated carbocycles. The number of rotatable bonds is 8. The van der Waals surface area contributed by atoms with Crippen LogP contribution in [0.15, 0.2) is 30.3 Å². The smallest absolute Gasteiger partial charge is 0.244 e. The lowest BCUT2D eigenvalue weighted by atomic mass is 10.2. The largest absolute Gasteiger partial charge is 0.298 e. The van der Waals surface area contributed by atoms with Crippen LogP contribution in [0.25, 0.3) is 0 Å². The molecule has 0 aliphatic heterocycles. The third-order valence-electron chi connectivity index (χ3n) is 2.81. The second-order valence-corrected chi connectivity index (χ2v) is 4.33. The molecule has 110 valence electrons. The molecule has 4 N–H and O–H groups in total. The van der Waals surface area contributed by atoms with Gasteiger partial charge in [0.05, 0.1) is 0 Å². The Labute approximate surface area is 117 Å². The molecule has 0 spiro atoms. The number of nitrogens with zero attached hydrogens (tertiary/aromatic N) is 1. The van der Waals surface area contributed by atoms with E-state index >= 15 is 0 Å². The summed E-state index contributed by atoms with van der Waals surface area (Å²) in [6.07, 6.45) is 0.258. The Morgan fingerprint density at radius 1 is 0.950 bits per heavy atom. The van der Waals surface area contributed by atoms with Crippen LogP contribution in [-0.4, -0.2) is 40.2 Å². The van der Waals surface area contributed by atoms with Crippen LogP contribution in [0, 0.1) is 0 Å². The van der Waals surface area contributed by atoms with Crippen LogP contribution < -0.4 is 11.0 Å². The molecular weight excluding hydrogens is 262 g/mol. The Morgan fingerprint density at radius 2 is 1.45 bits per heavy atom. The fourth-order valence-electron chi connectivity index (χ4n) is 1.74. The minimum absolute atomic E-state index is 0.129. The van der Waals surface area contributed by atoms with Gasteiger partial charge < -0.3 is 0 Å². The van der Waals surface area contributed by atoms with E-state index in [1.807, 2.05) is 35.2 Å². The van der Waals surface area contributed by atoms with E-state index in [-0.39, 0.29) is 12.8 Å². The molecular formula is C13H19N3O4. The maximum Gasteiger partial charge on any atom is 0.244 e. The van der Waals surface area contributed by atoms with Crippen molar-refractivity contribution in [3.05, 3.63) is 35.9 Å². The number of amides is 2. The molecule has 0 saturated heterocycles. The quantitative estimate of drug-likeness (QED) is 0.405. The SMILES string of the molecule is O=C(CCN(CCC(=O)NO)Cc1ccccc1)NO. The lowest BCUT2D eigenvalue weighted by Gasteiger charge is -2.21. The predicted molar refractivity (Wildman–Crippen MR) is 70.8 cm³/mol. The van der Waals surface area contributed by atoms with Crippen LogP contribution in [-0.2, 0) is 16.1 Å². The second kappa shape index (κ2) is 9.03. The molecule has 0 heterocycles. The van der Waals surface area contributed by atoms with Crippen LogP contribution in [0.1, 0.15) is 18.4 Å². The summed E-state index contributed by atoms with van der Waals surface area (Å²) in [4.78, 5) is 24.0. The zero-order valence-electron chi connectivity index (χ0n) is 11.1. The van der Waals surface area contributed by atoms with Gasteiger partial charge in [0.2, 0.25) is 11.8 Å². The van der Waals surface area contributed by atoms with Crippen molar-refractivity contribution in [1.82, 2.24) is 15.9 Å². The zero-order valence-corrected chi connectivity index (χ0v) is 11.1. The van der Waals surface area contributed by atoms with Crippen molar-refractivity contribution >= 4 is 11.8 Å². The molecule has 1 aromatic rings. The van der Waals surface area contributed by atoms with Gasteiger partial charge in [0.25, 0.3) is 0 Å². The molecule has 0 aliphatic rings. The number of hydrogen-bond donors (Lipinski definition) is 4. The molecule has 0 unspecified atom stereocenters. The molecule has 1 rings (SSSR count). The first-order valence-electron chi connectivity index (χ1n) is 6.28. The third-order valence-corrected chi connectivity index (χ3v) is 2.81. The zero-order chi connectivity index (χ0) is 14.8. The topological polar surface area (TPSA) is 102 Å². The minimum atomic E-state index is -0.477. The molecule has 20 heavy (non-hydrogen) atoms. The monoisotopic (exact) mass is 281 g/mol. The summed E-state index contributed by atoms with van der Waals surface area (Å²) in [6.45, 7) is 1.39. The molecule has 0 aromatic heterocycles. The standard InChI is InChI=1S/C13H19N3O4/c17-12(14-19)6-8-16(9-7-13(18)15-20)10-11-4-2-1-3-5-11/h1-5,19-20H,6-10H2,(H,14,17)(H,15,18). The lowest BCUT2D eigenvalue weighted by molar-refractivity contribution is -0.129. The summed E-state index contributed by atoms with van der Waals surface area (Å²) in [5.74, 6) is -0.954. The minimum Gasteiger partial charge on any atom is -0.298 e. The Balaban J connectivity index is 2.53. The maximum absolute atomic E-state index is 11.1. The molecule has 2 amide bonds. The van der Waals surface area contributed by atoms with Crippen molar-refractivity contribution in [2.45, 2.75) is 19.4 Å². The van der Waals surface area contributed by atoms with Gasteiger partial charge in [0.1, 0.15) is 0 Å². The first-order valence-corrected chi connectivity index (χ1v) is 6.28. The number of carbonyl (C=O) groups is 2. The average molecular weight is 281 g/mol. The van der Waals surface area contributed by atoms with Crippen LogP contribution in [0.5, 0.6) is 0 Å². The lowest BCUT2D eigenvalue weighted by Crippen LogP contribution is -2.32. The van der Waals surface area contributed by atoms with Crippen molar-refractivity contribution in [3.8, 4) is 0 Å². The highest BCUT2D eigenvalue weighted by molar-refractivity contribution is 5.75. The number of hydrogen-bond acceptors (Lipinski definition) is 5. The fraction of sp³-hybridized carbons (Fsp3) is 0.385. The molecule has 0 radical (unpaired) electrons. The van der Waals surface area contributed by atoms with Gasteiger partial charge in [-0.25, -0.2) is 11.0 Å². The van der Waals surface area contributed by atoms with Gasteiger partial charge in [0, 0.05) is 32.5 Å². The molecule has 1 aromatic carbocycles. The third kappa shape index (κ3) is 6.28. The summed E-state index contributed by atoms with van der Waals surface area (Å²) >= 11 is 0. The first-order chi connectivity index (χ1) is 9.65. The highest BCUT2D eigenvalue weighted by atomic mass is 16.5. The van der Waals surface area contributed by atoms with Crippen molar-refractivity contribution in [2.75, 3.05) is 13.1 Å². The van der Waals surface area contributed by atoms with Gasteiger partial charge >= 0.3 is 0 Å². The molecule has 7 heteroatoms. The van der Waals surface area contributed by atoms with E-state index in [0.29, 0.717) is 19.6 Å². The highest BCUT2D eigenvalue weighted by Crippen LogP contribution is 2.06. The van der Waals surface area contributed by atoms with Crippen LogP contribution in [0.2, 0.25) is 0 Å². The van der Waals surface area contributed by atoms with E-state index in [9.17, 15) is 9.59 Å². The van der Waals surface area contributed by atoms with E-state index in [1.165, 1.54) is 0 Å². The first kappa shape index (κ1) is 16.1. The van der Waals surface area contributed by atoms with Crippen LogP contribution in [0.4, 0.5) is 0 Å². The Bertz CT molecular complexity index is 405. The van der Waals surface area contributed by atoms with E-state index in [4.69, 9.17) is 10.4 Å². The van der Waals surface area contributed by atoms with E-state index in [1.54, 1.807) is 11.0 Å². The number of carbonyl (C=O) groups excluding carboxylic acids is 2. The molecule has 0 fully saturated rings. The van der Waals surface area contributed by atoms with Crippen molar-refractivity contribution in [3.63, 3.8) is 0 Å². The number of hydroxylamine groups is 2. The molecule has 0 bridgehead atoms.